The lowest BCUT2D eigenvalue weighted by atomic mass is 9.71. The van der Waals surface area contributed by atoms with Crippen molar-refractivity contribution in [1.29, 1.82) is 0 Å². The molecular formula is C21H29N3O2. The number of fused-ring (bicyclic) bond motifs is 2. The normalized spacial score (nSPS) is 26.8. The van der Waals surface area contributed by atoms with Gasteiger partial charge in [0, 0.05) is 48.2 Å². The molecule has 0 radical (unpaired) electrons. The Balaban J connectivity index is 1.62. The highest BCUT2D eigenvalue weighted by molar-refractivity contribution is 5.84. The maximum Gasteiger partial charge on any atom is 0.189 e. The van der Waals surface area contributed by atoms with Crippen molar-refractivity contribution in [1.82, 2.24) is 15.2 Å². The van der Waals surface area contributed by atoms with Crippen molar-refractivity contribution >= 4 is 10.9 Å². The van der Waals surface area contributed by atoms with E-state index in [9.17, 15) is 9.90 Å². The van der Waals surface area contributed by atoms with Gasteiger partial charge >= 0.3 is 0 Å². The molecule has 4 rings (SSSR count). The molecule has 0 aliphatic carbocycles. The highest BCUT2D eigenvalue weighted by atomic mass is 16.3. The van der Waals surface area contributed by atoms with E-state index in [1.165, 1.54) is 0 Å². The van der Waals surface area contributed by atoms with Crippen LogP contribution in [0.15, 0.2) is 23.0 Å². The summed E-state index contributed by atoms with van der Waals surface area (Å²) in [5.41, 5.74) is 4.10. The number of aliphatic hydroxyl groups is 1. The molecule has 1 aromatic carbocycles. The average molecular weight is 355 g/mol. The number of aromatic amines is 1. The van der Waals surface area contributed by atoms with Gasteiger partial charge in [0.1, 0.15) is 0 Å². The van der Waals surface area contributed by atoms with Gasteiger partial charge in [-0.05, 0) is 50.8 Å². The third kappa shape index (κ3) is 2.98. The molecule has 0 unspecified atom stereocenters. The monoisotopic (exact) mass is 355 g/mol. The summed E-state index contributed by atoms with van der Waals surface area (Å²) in [4.78, 5) is 18.6. The van der Waals surface area contributed by atoms with Gasteiger partial charge in [-0.3, -0.25) is 9.69 Å². The van der Waals surface area contributed by atoms with Gasteiger partial charge in [-0.25, -0.2) is 0 Å². The first-order valence-electron chi connectivity index (χ1n) is 9.71. The molecule has 2 fully saturated rings. The van der Waals surface area contributed by atoms with Crippen LogP contribution in [0.2, 0.25) is 0 Å². The standard InChI is InChI=1S/C21H29N3O2/c1-14-4-5-15(2)20-19(14)17(26)10-16(23-20)11-24-9-6-18-21(12-24,13-25)7-3-8-22-18/h4-5,10,18,22,25H,3,6-9,11-13H2,1-2H3,(H,23,26)/t18-,21-/m1/s1. The van der Waals surface area contributed by atoms with E-state index < -0.39 is 0 Å². The van der Waals surface area contributed by atoms with E-state index in [4.69, 9.17) is 0 Å². The van der Waals surface area contributed by atoms with Gasteiger partial charge in [-0.1, -0.05) is 12.1 Å². The zero-order valence-corrected chi connectivity index (χ0v) is 15.8. The van der Waals surface area contributed by atoms with Crippen LogP contribution in [0.1, 0.15) is 36.1 Å². The van der Waals surface area contributed by atoms with E-state index in [1.54, 1.807) is 6.07 Å². The number of nitrogens with one attached hydrogen (secondary N) is 2. The van der Waals surface area contributed by atoms with E-state index in [-0.39, 0.29) is 17.5 Å². The lowest BCUT2D eigenvalue weighted by Gasteiger charge is -2.50. The summed E-state index contributed by atoms with van der Waals surface area (Å²) in [6.07, 6.45) is 3.25. The van der Waals surface area contributed by atoms with Gasteiger partial charge in [-0.15, -0.1) is 0 Å². The van der Waals surface area contributed by atoms with Crippen molar-refractivity contribution in [2.45, 2.75) is 45.7 Å². The molecule has 2 atom stereocenters. The van der Waals surface area contributed by atoms with Gasteiger partial charge in [-0.2, -0.15) is 0 Å². The number of benzene rings is 1. The van der Waals surface area contributed by atoms with Gasteiger partial charge in [0.2, 0.25) is 0 Å². The first-order chi connectivity index (χ1) is 12.5. The largest absolute Gasteiger partial charge is 0.396 e. The molecule has 3 N–H and O–H groups in total. The molecule has 0 bridgehead atoms. The number of aliphatic hydroxyl groups excluding tert-OH is 1. The molecule has 5 heteroatoms. The van der Waals surface area contributed by atoms with Crippen molar-refractivity contribution in [3.05, 3.63) is 45.2 Å². The summed E-state index contributed by atoms with van der Waals surface area (Å²) in [5, 5.41) is 14.5. The zero-order valence-electron chi connectivity index (χ0n) is 15.8. The average Bonchev–Trinajstić information content (AvgIpc) is 2.64. The minimum atomic E-state index is -0.0415. The Kier molecular flexibility index (Phi) is 4.63. The first kappa shape index (κ1) is 17.7. The van der Waals surface area contributed by atoms with Crippen LogP contribution in [-0.2, 0) is 6.54 Å². The van der Waals surface area contributed by atoms with Crippen LogP contribution in [0.3, 0.4) is 0 Å². The van der Waals surface area contributed by atoms with Gasteiger partial charge in [0.05, 0.1) is 12.1 Å². The van der Waals surface area contributed by atoms with Crippen molar-refractivity contribution in [2.75, 3.05) is 26.2 Å². The molecule has 2 saturated heterocycles. The highest BCUT2D eigenvalue weighted by Gasteiger charge is 2.44. The highest BCUT2D eigenvalue weighted by Crippen LogP contribution is 2.37. The zero-order chi connectivity index (χ0) is 18.3. The third-order valence-corrected chi connectivity index (χ3v) is 6.42. The summed E-state index contributed by atoms with van der Waals surface area (Å²) in [7, 11) is 0. The summed E-state index contributed by atoms with van der Waals surface area (Å²) in [6.45, 7) is 7.92. The van der Waals surface area contributed by atoms with Crippen LogP contribution in [0.4, 0.5) is 0 Å². The van der Waals surface area contributed by atoms with Crippen molar-refractivity contribution in [3.8, 4) is 0 Å². The Morgan fingerprint density at radius 3 is 2.92 bits per heavy atom. The SMILES string of the molecule is Cc1ccc(C)c2c(=O)cc(CN3CC[C@H]4NCCC[C@]4(CO)C3)[nH]c12. The molecule has 2 aromatic rings. The van der Waals surface area contributed by atoms with E-state index in [0.717, 1.165) is 73.2 Å². The molecule has 0 amide bonds. The van der Waals surface area contributed by atoms with Crippen LogP contribution < -0.4 is 10.7 Å². The molecule has 1 aromatic heterocycles. The van der Waals surface area contributed by atoms with Gasteiger partial charge in [0.25, 0.3) is 0 Å². The number of aromatic nitrogens is 1. The Bertz CT molecular complexity index is 875. The quantitative estimate of drug-likeness (QED) is 0.789. The minimum Gasteiger partial charge on any atom is -0.396 e. The molecule has 2 aliphatic heterocycles. The summed E-state index contributed by atoms with van der Waals surface area (Å²) in [6, 6.07) is 6.25. The lowest BCUT2D eigenvalue weighted by Crippen LogP contribution is -2.61. The predicted octanol–water partition coefficient (Wildman–Crippen LogP) is 2.08. The maximum absolute atomic E-state index is 12.7. The topological polar surface area (TPSA) is 68.4 Å². The fraction of sp³-hybridized carbons (Fsp3) is 0.571. The van der Waals surface area contributed by atoms with Crippen LogP contribution >= 0.6 is 0 Å². The first-order valence-corrected chi connectivity index (χ1v) is 9.71. The second-order valence-corrected chi connectivity index (χ2v) is 8.24. The Hall–Kier alpha value is -1.69. The Morgan fingerprint density at radius 1 is 1.31 bits per heavy atom. The minimum absolute atomic E-state index is 0.0415. The summed E-state index contributed by atoms with van der Waals surface area (Å²) >= 11 is 0. The van der Waals surface area contributed by atoms with Crippen LogP contribution in [-0.4, -0.2) is 47.3 Å². The number of likely N-dealkylation sites (tertiary alicyclic amines) is 1. The molecule has 26 heavy (non-hydrogen) atoms. The Morgan fingerprint density at radius 2 is 2.12 bits per heavy atom. The second-order valence-electron chi connectivity index (χ2n) is 8.24. The Labute approximate surface area is 154 Å². The van der Waals surface area contributed by atoms with Crippen LogP contribution in [0, 0.1) is 19.3 Å². The lowest BCUT2D eigenvalue weighted by molar-refractivity contribution is -0.0226. The van der Waals surface area contributed by atoms with E-state index in [0.29, 0.717) is 6.04 Å². The molecule has 2 aliphatic rings. The number of hydrogen-bond acceptors (Lipinski definition) is 4. The number of aryl methyl sites for hydroxylation is 2. The molecule has 0 saturated carbocycles. The van der Waals surface area contributed by atoms with Gasteiger partial charge in [0.15, 0.2) is 5.43 Å². The fourth-order valence-corrected chi connectivity index (χ4v) is 4.96. The van der Waals surface area contributed by atoms with Gasteiger partial charge < -0.3 is 15.4 Å². The van der Waals surface area contributed by atoms with E-state index in [2.05, 4.69) is 21.3 Å². The smallest absolute Gasteiger partial charge is 0.189 e. The molecule has 5 nitrogen and oxygen atoms in total. The molecule has 0 spiro atoms. The number of pyridine rings is 1. The molecule has 140 valence electrons. The fourth-order valence-electron chi connectivity index (χ4n) is 4.96. The van der Waals surface area contributed by atoms with Crippen molar-refractivity contribution in [2.24, 2.45) is 5.41 Å². The molecule has 3 heterocycles. The van der Waals surface area contributed by atoms with E-state index in [1.807, 2.05) is 19.9 Å². The molecular weight excluding hydrogens is 326 g/mol. The third-order valence-electron chi connectivity index (χ3n) is 6.42. The van der Waals surface area contributed by atoms with Crippen molar-refractivity contribution < 1.29 is 5.11 Å². The summed E-state index contributed by atoms with van der Waals surface area (Å²) in [5.74, 6) is 0. The number of H-pyrrole nitrogens is 1. The van der Waals surface area contributed by atoms with Crippen LogP contribution in [0.5, 0.6) is 0 Å². The van der Waals surface area contributed by atoms with Crippen LogP contribution in [0.25, 0.3) is 10.9 Å². The number of hydrogen-bond donors (Lipinski definition) is 3. The number of piperidine rings is 2. The number of nitrogens with zero attached hydrogens (tertiary/aromatic N) is 1. The van der Waals surface area contributed by atoms with Crippen molar-refractivity contribution in [3.63, 3.8) is 0 Å². The van der Waals surface area contributed by atoms with E-state index >= 15 is 0 Å². The number of rotatable bonds is 3. The second kappa shape index (κ2) is 6.80. The predicted molar refractivity (Wildman–Crippen MR) is 104 cm³/mol. The summed E-state index contributed by atoms with van der Waals surface area (Å²) < 4.78 is 0. The maximum atomic E-state index is 12.7.